The van der Waals surface area contributed by atoms with Crippen LogP contribution in [0.25, 0.3) is 0 Å². The SMILES string of the molecule is O=CN1CCn2ncc(Br)c2C1. The lowest BCUT2D eigenvalue weighted by molar-refractivity contribution is -0.119. The van der Waals surface area contributed by atoms with Crippen molar-refractivity contribution in [1.29, 1.82) is 0 Å². The smallest absolute Gasteiger partial charge is 0.210 e. The van der Waals surface area contributed by atoms with Crippen LogP contribution in [0.4, 0.5) is 0 Å². The predicted octanol–water partition coefficient (Wildman–Crippen LogP) is 0.618. The van der Waals surface area contributed by atoms with Crippen LogP contribution in [0, 0.1) is 0 Å². The van der Waals surface area contributed by atoms with Gasteiger partial charge in [0, 0.05) is 6.54 Å². The van der Waals surface area contributed by atoms with Crippen molar-refractivity contribution in [2.24, 2.45) is 0 Å². The third-order valence-electron chi connectivity index (χ3n) is 2.00. The van der Waals surface area contributed by atoms with Crippen molar-refractivity contribution in [3.63, 3.8) is 0 Å². The number of hydrogen-bond donors (Lipinski definition) is 0. The number of aromatic nitrogens is 2. The maximum absolute atomic E-state index is 10.5. The predicted molar refractivity (Wildman–Crippen MR) is 46.4 cm³/mol. The molecule has 0 aromatic carbocycles. The molecule has 0 aliphatic carbocycles. The van der Waals surface area contributed by atoms with Crippen LogP contribution in [0.15, 0.2) is 10.7 Å². The Morgan fingerprint density at radius 1 is 1.58 bits per heavy atom. The van der Waals surface area contributed by atoms with Gasteiger partial charge in [-0.05, 0) is 15.9 Å². The van der Waals surface area contributed by atoms with Crippen LogP contribution in [0.1, 0.15) is 5.69 Å². The first-order valence-corrected chi connectivity index (χ1v) is 4.50. The Hall–Kier alpha value is -0.840. The number of halogens is 1. The number of rotatable bonds is 1. The highest BCUT2D eigenvalue weighted by Crippen LogP contribution is 2.20. The third kappa shape index (κ3) is 1.14. The van der Waals surface area contributed by atoms with Crippen molar-refractivity contribution in [2.45, 2.75) is 13.1 Å². The number of fused-ring (bicyclic) bond motifs is 1. The zero-order valence-electron chi connectivity index (χ0n) is 6.40. The van der Waals surface area contributed by atoms with Crippen LogP contribution >= 0.6 is 15.9 Å². The summed E-state index contributed by atoms with van der Waals surface area (Å²) in [6.07, 6.45) is 2.65. The summed E-state index contributed by atoms with van der Waals surface area (Å²) in [5.41, 5.74) is 1.08. The molecule has 64 valence electrons. The van der Waals surface area contributed by atoms with E-state index in [1.165, 1.54) is 0 Å². The number of carbonyl (C=O) groups is 1. The molecule has 0 N–H and O–H groups in total. The molecular weight excluding hydrogens is 222 g/mol. The molecule has 0 unspecified atom stereocenters. The Labute approximate surface area is 78.3 Å². The maximum atomic E-state index is 10.5. The molecule has 1 aromatic heterocycles. The van der Waals surface area contributed by atoms with Crippen LogP contribution in [-0.4, -0.2) is 27.6 Å². The van der Waals surface area contributed by atoms with Crippen molar-refractivity contribution < 1.29 is 4.79 Å². The zero-order chi connectivity index (χ0) is 8.55. The molecule has 0 atom stereocenters. The molecule has 0 saturated carbocycles. The second-order valence-corrected chi connectivity index (χ2v) is 3.59. The minimum atomic E-state index is 0.657. The van der Waals surface area contributed by atoms with Gasteiger partial charge in [0.1, 0.15) is 0 Å². The summed E-state index contributed by atoms with van der Waals surface area (Å²) in [7, 11) is 0. The average molecular weight is 230 g/mol. The monoisotopic (exact) mass is 229 g/mol. The average Bonchev–Trinajstić information content (AvgIpc) is 2.47. The molecule has 0 bridgehead atoms. The van der Waals surface area contributed by atoms with E-state index in [0.717, 1.165) is 29.7 Å². The summed E-state index contributed by atoms with van der Waals surface area (Å²) in [5, 5.41) is 4.15. The second kappa shape index (κ2) is 2.90. The van der Waals surface area contributed by atoms with Crippen LogP contribution in [0.5, 0.6) is 0 Å². The normalized spacial score (nSPS) is 15.9. The van der Waals surface area contributed by atoms with Crippen LogP contribution in [0.3, 0.4) is 0 Å². The molecule has 5 heteroatoms. The van der Waals surface area contributed by atoms with Crippen molar-refractivity contribution in [3.05, 3.63) is 16.4 Å². The standard InChI is InChI=1S/C7H8BrN3O/c8-6-3-9-11-2-1-10(5-12)4-7(6)11/h3,5H,1-2,4H2. The zero-order valence-corrected chi connectivity index (χ0v) is 7.99. The maximum Gasteiger partial charge on any atom is 0.210 e. The number of nitrogens with zero attached hydrogens (tertiary/aromatic N) is 3. The first kappa shape index (κ1) is 7.79. The van der Waals surface area contributed by atoms with Crippen molar-refractivity contribution in [3.8, 4) is 0 Å². The third-order valence-corrected chi connectivity index (χ3v) is 2.66. The molecule has 4 nitrogen and oxygen atoms in total. The minimum absolute atomic E-state index is 0.657. The number of amides is 1. The first-order valence-electron chi connectivity index (χ1n) is 3.71. The van der Waals surface area contributed by atoms with Gasteiger partial charge >= 0.3 is 0 Å². The van der Waals surface area contributed by atoms with Gasteiger partial charge in [0.15, 0.2) is 0 Å². The van der Waals surface area contributed by atoms with Gasteiger partial charge in [-0.25, -0.2) is 0 Å². The molecule has 0 fully saturated rings. The van der Waals surface area contributed by atoms with E-state index in [0.29, 0.717) is 6.54 Å². The Morgan fingerprint density at radius 2 is 2.42 bits per heavy atom. The van der Waals surface area contributed by atoms with E-state index in [1.807, 2.05) is 4.68 Å². The van der Waals surface area contributed by atoms with Gasteiger partial charge < -0.3 is 4.90 Å². The summed E-state index contributed by atoms with van der Waals surface area (Å²) in [5.74, 6) is 0. The molecule has 0 spiro atoms. The fourth-order valence-electron chi connectivity index (χ4n) is 1.32. The van der Waals surface area contributed by atoms with Gasteiger partial charge in [-0.2, -0.15) is 5.10 Å². The number of carbonyl (C=O) groups excluding carboxylic acids is 1. The molecule has 2 heterocycles. The largest absolute Gasteiger partial charge is 0.337 e. The Kier molecular flexibility index (Phi) is 1.88. The summed E-state index contributed by atoms with van der Waals surface area (Å²) in [6, 6.07) is 0. The Balaban J connectivity index is 2.31. The molecule has 0 saturated heterocycles. The lowest BCUT2D eigenvalue weighted by Gasteiger charge is -2.23. The van der Waals surface area contributed by atoms with Crippen LogP contribution in [0.2, 0.25) is 0 Å². The summed E-state index contributed by atoms with van der Waals surface area (Å²) >= 11 is 3.38. The second-order valence-electron chi connectivity index (χ2n) is 2.74. The first-order chi connectivity index (χ1) is 5.81. The molecule has 0 radical (unpaired) electrons. The van der Waals surface area contributed by atoms with Crippen molar-refractivity contribution >= 4 is 22.3 Å². The fourth-order valence-corrected chi connectivity index (χ4v) is 1.74. The molecule has 2 rings (SSSR count). The molecule has 1 aromatic rings. The topological polar surface area (TPSA) is 38.1 Å². The van der Waals surface area contributed by atoms with E-state index in [4.69, 9.17) is 0 Å². The van der Waals surface area contributed by atoms with Gasteiger partial charge in [-0.3, -0.25) is 9.48 Å². The van der Waals surface area contributed by atoms with Gasteiger partial charge in [0.2, 0.25) is 6.41 Å². The molecule has 12 heavy (non-hydrogen) atoms. The Bertz CT molecular complexity index is 310. The molecule has 1 aliphatic rings. The highest BCUT2D eigenvalue weighted by atomic mass is 79.9. The molecule has 1 amide bonds. The van der Waals surface area contributed by atoms with E-state index < -0.39 is 0 Å². The van der Waals surface area contributed by atoms with E-state index in [-0.39, 0.29) is 0 Å². The van der Waals surface area contributed by atoms with Crippen molar-refractivity contribution in [1.82, 2.24) is 14.7 Å². The van der Waals surface area contributed by atoms with Gasteiger partial charge in [0.25, 0.3) is 0 Å². The summed E-state index contributed by atoms with van der Waals surface area (Å²) in [6.45, 7) is 2.20. The van der Waals surface area contributed by atoms with Crippen molar-refractivity contribution in [2.75, 3.05) is 6.54 Å². The summed E-state index contributed by atoms with van der Waals surface area (Å²) in [4.78, 5) is 12.2. The highest BCUT2D eigenvalue weighted by Gasteiger charge is 2.17. The van der Waals surface area contributed by atoms with E-state index in [2.05, 4.69) is 21.0 Å². The Morgan fingerprint density at radius 3 is 3.17 bits per heavy atom. The van der Waals surface area contributed by atoms with Gasteiger partial charge in [-0.15, -0.1) is 0 Å². The van der Waals surface area contributed by atoms with Crippen LogP contribution in [-0.2, 0) is 17.9 Å². The quantitative estimate of drug-likeness (QED) is 0.663. The highest BCUT2D eigenvalue weighted by molar-refractivity contribution is 9.10. The number of hydrogen-bond acceptors (Lipinski definition) is 2. The van der Waals surface area contributed by atoms with Gasteiger partial charge in [-0.1, -0.05) is 0 Å². The van der Waals surface area contributed by atoms with Crippen LogP contribution < -0.4 is 0 Å². The lowest BCUT2D eigenvalue weighted by atomic mass is 10.3. The molecular formula is C7H8BrN3O. The molecule has 1 aliphatic heterocycles. The fraction of sp³-hybridized carbons (Fsp3) is 0.429. The van der Waals surface area contributed by atoms with E-state index in [9.17, 15) is 4.79 Å². The van der Waals surface area contributed by atoms with Gasteiger partial charge in [0.05, 0.1) is 29.5 Å². The summed E-state index contributed by atoms with van der Waals surface area (Å²) < 4.78 is 2.90. The minimum Gasteiger partial charge on any atom is -0.337 e. The van der Waals surface area contributed by atoms with E-state index in [1.54, 1.807) is 11.1 Å². The lowest BCUT2D eigenvalue weighted by Crippen LogP contribution is -2.32. The van der Waals surface area contributed by atoms with E-state index >= 15 is 0 Å².